The van der Waals surface area contributed by atoms with Gasteiger partial charge in [0.1, 0.15) is 0 Å². The number of H-pyrrole nitrogens is 1. The van der Waals surface area contributed by atoms with Gasteiger partial charge in [0.2, 0.25) is 0 Å². The molecule has 0 unspecified atom stereocenters. The van der Waals surface area contributed by atoms with E-state index < -0.39 is 0 Å². The minimum Gasteiger partial charge on any atom is -0.380 e. The van der Waals surface area contributed by atoms with Crippen LogP contribution in [0.1, 0.15) is 25.8 Å². The topological polar surface area (TPSA) is 29.9 Å². The van der Waals surface area contributed by atoms with E-state index in [1.807, 2.05) is 0 Å². The average molecular weight is 278 g/mol. The zero-order valence-corrected chi connectivity index (χ0v) is 12.7. The summed E-state index contributed by atoms with van der Waals surface area (Å²) in [5, 5.41) is 0. The number of hydrogen-bond donors (Lipinski definition) is 1. The SMILES string of the molecule is Cc1cccc2c1[nH]c(=S)n2CCOCCC(C)C. The first-order chi connectivity index (χ1) is 9.09. The van der Waals surface area contributed by atoms with E-state index in [2.05, 4.69) is 48.5 Å². The number of benzene rings is 1. The van der Waals surface area contributed by atoms with E-state index in [0.29, 0.717) is 12.5 Å². The van der Waals surface area contributed by atoms with Gasteiger partial charge in [0.25, 0.3) is 0 Å². The van der Waals surface area contributed by atoms with Gasteiger partial charge in [-0.3, -0.25) is 0 Å². The second-order valence-electron chi connectivity index (χ2n) is 5.35. The number of aromatic amines is 1. The summed E-state index contributed by atoms with van der Waals surface area (Å²) in [7, 11) is 0. The van der Waals surface area contributed by atoms with Crippen LogP contribution in [0.2, 0.25) is 0 Å². The molecule has 1 N–H and O–H groups in total. The third-order valence-corrected chi connectivity index (χ3v) is 3.64. The molecule has 0 amide bonds. The number of imidazole rings is 1. The lowest BCUT2D eigenvalue weighted by Gasteiger charge is -2.08. The second kappa shape index (κ2) is 6.35. The van der Waals surface area contributed by atoms with E-state index in [1.54, 1.807) is 0 Å². The van der Waals surface area contributed by atoms with Gasteiger partial charge in [-0.2, -0.15) is 0 Å². The number of aromatic nitrogens is 2. The first-order valence-corrected chi connectivity index (χ1v) is 7.26. The Morgan fingerprint density at radius 2 is 2.11 bits per heavy atom. The van der Waals surface area contributed by atoms with Gasteiger partial charge >= 0.3 is 0 Å². The molecule has 0 spiro atoms. The van der Waals surface area contributed by atoms with Gasteiger partial charge in [0, 0.05) is 13.2 Å². The Kier molecular flexibility index (Phi) is 4.77. The summed E-state index contributed by atoms with van der Waals surface area (Å²) in [6.45, 7) is 8.86. The summed E-state index contributed by atoms with van der Waals surface area (Å²) in [6.07, 6.45) is 1.11. The van der Waals surface area contributed by atoms with E-state index in [0.717, 1.165) is 35.4 Å². The molecule has 0 saturated heterocycles. The van der Waals surface area contributed by atoms with Crippen molar-refractivity contribution < 1.29 is 4.74 Å². The summed E-state index contributed by atoms with van der Waals surface area (Å²) in [5.74, 6) is 0.693. The van der Waals surface area contributed by atoms with E-state index >= 15 is 0 Å². The van der Waals surface area contributed by atoms with Gasteiger partial charge in [0.05, 0.1) is 17.6 Å². The molecule has 0 saturated carbocycles. The summed E-state index contributed by atoms with van der Waals surface area (Å²) >= 11 is 5.38. The van der Waals surface area contributed by atoms with Crippen LogP contribution in [0.3, 0.4) is 0 Å². The number of nitrogens with one attached hydrogen (secondary N) is 1. The lowest BCUT2D eigenvalue weighted by Crippen LogP contribution is -2.08. The number of nitrogens with zero attached hydrogens (tertiary/aromatic N) is 1. The molecule has 0 aliphatic heterocycles. The van der Waals surface area contributed by atoms with E-state index in [9.17, 15) is 0 Å². The number of ether oxygens (including phenoxy) is 1. The van der Waals surface area contributed by atoms with Crippen LogP contribution in [-0.2, 0) is 11.3 Å². The van der Waals surface area contributed by atoms with Crippen molar-refractivity contribution in [1.29, 1.82) is 0 Å². The highest BCUT2D eigenvalue weighted by Gasteiger charge is 2.05. The van der Waals surface area contributed by atoms with Crippen molar-refractivity contribution in [2.75, 3.05) is 13.2 Å². The number of hydrogen-bond acceptors (Lipinski definition) is 2. The molecule has 0 aliphatic carbocycles. The number of aryl methyl sites for hydroxylation is 1. The van der Waals surface area contributed by atoms with Gasteiger partial charge in [-0.1, -0.05) is 26.0 Å². The molecule has 0 radical (unpaired) electrons. The predicted octanol–water partition coefficient (Wildman–Crippen LogP) is 4.07. The third-order valence-electron chi connectivity index (χ3n) is 3.32. The average Bonchev–Trinajstić information content (AvgIpc) is 2.67. The zero-order valence-electron chi connectivity index (χ0n) is 11.9. The van der Waals surface area contributed by atoms with Crippen molar-refractivity contribution in [2.45, 2.75) is 33.7 Å². The molecular formula is C15H22N2OS. The van der Waals surface area contributed by atoms with Crippen LogP contribution in [0.5, 0.6) is 0 Å². The maximum atomic E-state index is 5.67. The van der Waals surface area contributed by atoms with Gasteiger partial charge in [-0.05, 0) is 43.1 Å². The molecule has 0 fully saturated rings. The predicted molar refractivity (Wildman–Crippen MR) is 82.1 cm³/mol. The molecule has 2 rings (SSSR count). The fourth-order valence-electron chi connectivity index (χ4n) is 2.12. The van der Waals surface area contributed by atoms with Crippen molar-refractivity contribution in [1.82, 2.24) is 9.55 Å². The fraction of sp³-hybridized carbons (Fsp3) is 0.533. The van der Waals surface area contributed by atoms with Crippen molar-refractivity contribution in [3.63, 3.8) is 0 Å². The molecule has 0 bridgehead atoms. The van der Waals surface area contributed by atoms with E-state index in [1.165, 1.54) is 5.56 Å². The lowest BCUT2D eigenvalue weighted by molar-refractivity contribution is 0.116. The van der Waals surface area contributed by atoms with Crippen molar-refractivity contribution >= 4 is 23.3 Å². The highest BCUT2D eigenvalue weighted by molar-refractivity contribution is 7.71. The molecule has 104 valence electrons. The Morgan fingerprint density at radius 1 is 1.32 bits per heavy atom. The summed E-state index contributed by atoms with van der Waals surface area (Å²) in [5.41, 5.74) is 3.52. The molecule has 1 aromatic carbocycles. The largest absolute Gasteiger partial charge is 0.380 e. The van der Waals surface area contributed by atoms with Crippen molar-refractivity contribution in [2.24, 2.45) is 5.92 Å². The van der Waals surface area contributed by atoms with E-state index in [4.69, 9.17) is 17.0 Å². The Labute approximate surface area is 119 Å². The monoisotopic (exact) mass is 278 g/mol. The highest BCUT2D eigenvalue weighted by Crippen LogP contribution is 2.17. The van der Waals surface area contributed by atoms with Crippen LogP contribution >= 0.6 is 12.2 Å². The quantitative estimate of drug-likeness (QED) is 0.637. The molecule has 0 atom stereocenters. The van der Waals surface area contributed by atoms with Crippen LogP contribution < -0.4 is 0 Å². The lowest BCUT2D eigenvalue weighted by atomic mass is 10.1. The number of rotatable bonds is 6. The summed E-state index contributed by atoms with van der Waals surface area (Å²) in [4.78, 5) is 3.28. The van der Waals surface area contributed by atoms with Crippen LogP contribution in [0.4, 0.5) is 0 Å². The van der Waals surface area contributed by atoms with Gasteiger partial charge in [0.15, 0.2) is 4.77 Å². The van der Waals surface area contributed by atoms with Crippen molar-refractivity contribution in [3.8, 4) is 0 Å². The maximum absolute atomic E-state index is 5.67. The molecular weight excluding hydrogens is 256 g/mol. The standard InChI is InChI=1S/C15H22N2OS/c1-11(2)7-9-18-10-8-17-13-6-4-5-12(3)14(13)16-15(17)19/h4-6,11H,7-10H2,1-3H3,(H,16,19). The van der Waals surface area contributed by atoms with E-state index in [-0.39, 0.29) is 0 Å². The first kappa shape index (κ1) is 14.3. The summed E-state index contributed by atoms with van der Waals surface area (Å²) in [6, 6.07) is 6.26. The molecule has 3 nitrogen and oxygen atoms in total. The Bertz CT molecular complexity index is 598. The molecule has 0 aliphatic rings. The molecule has 1 aromatic heterocycles. The molecule has 19 heavy (non-hydrogen) atoms. The molecule has 2 aromatic rings. The summed E-state index contributed by atoms with van der Waals surface area (Å²) < 4.78 is 8.56. The highest BCUT2D eigenvalue weighted by atomic mass is 32.1. The maximum Gasteiger partial charge on any atom is 0.178 e. The Balaban J connectivity index is 2.03. The second-order valence-corrected chi connectivity index (χ2v) is 5.73. The Morgan fingerprint density at radius 3 is 2.84 bits per heavy atom. The van der Waals surface area contributed by atoms with Crippen LogP contribution in [0, 0.1) is 17.6 Å². The molecule has 4 heteroatoms. The van der Waals surface area contributed by atoms with Crippen LogP contribution in [-0.4, -0.2) is 22.8 Å². The van der Waals surface area contributed by atoms with Gasteiger partial charge in [-0.25, -0.2) is 0 Å². The zero-order chi connectivity index (χ0) is 13.8. The minimum atomic E-state index is 0.693. The normalized spacial score (nSPS) is 11.6. The van der Waals surface area contributed by atoms with Crippen LogP contribution in [0.25, 0.3) is 11.0 Å². The first-order valence-electron chi connectivity index (χ1n) is 6.85. The Hall–Kier alpha value is -1.13. The molecule has 1 heterocycles. The smallest absolute Gasteiger partial charge is 0.178 e. The van der Waals surface area contributed by atoms with Gasteiger partial charge in [-0.15, -0.1) is 0 Å². The number of fused-ring (bicyclic) bond motifs is 1. The van der Waals surface area contributed by atoms with Gasteiger partial charge < -0.3 is 14.3 Å². The number of para-hydroxylation sites is 1. The van der Waals surface area contributed by atoms with Crippen LogP contribution in [0.15, 0.2) is 18.2 Å². The fourth-order valence-corrected chi connectivity index (χ4v) is 2.41. The third kappa shape index (κ3) is 3.45. The van der Waals surface area contributed by atoms with Crippen molar-refractivity contribution in [3.05, 3.63) is 28.5 Å². The minimum absolute atomic E-state index is 0.693.